The average Bonchev–Trinajstić information content (AvgIpc) is 2.97. The van der Waals surface area contributed by atoms with Crippen molar-refractivity contribution < 1.29 is 23.8 Å². The van der Waals surface area contributed by atoms with Crippen molar-refractivity contribution in [1.29, 1.82) is 0 Å². The second kappa shape index (κ2) is 6.92. The zero-order valence-corrected chi connectivity index (χ0v) is 14.1. The number of anilines is 1. The molecule has 1 amide bonds. The molecule has 2 heterocycles. The zero-order chi connectivity index (χ0) is 17.1. The molecule has 0 bridgehead atoms. The number of amides is 1. The summed E-state index contributed by atoms with van der Waals surface area (Å²) in [5.74, 6) is 0.555. The number of carbonyl (C=O) groups excluding carboxylic acids is 2. The average molecular weight is 347 g/mol. The first-order valence-corrected chi connectivity index (χ1v) is 8.42. The number of esters is 1. The minimum Gasteiger partial charge on any atom is -0.485 e. The number of hydrogen-bond donors (Lipinski definition) is 1. The third-order valence-electron chi connectivity index (χ3n) is 3.44. The summed E-state index contributed by atoms with van der Waals surface area (Å²) < 4.78 is 16.8. The Morgan fingerprint density at radius 3 is 2.79 bits per heavy atom. The van der Waals surface area contributed by atoms with Crippen molar-refractivity contribution in [3.8, 4) is 11.5 Å². The molecule has 0 radical (unpaired) electrons. The fourth-order valence-electron chi connectivity index (χ4n) is 2.45. The molecule has 0 saturated carbocycles. The molecule has 6 nitrogen and oxygen atoms in total. The van der Waals surface area contributed by atoms with Crippen molar-refractivity contribution >= 4 is 28.2 Å². The minimum absolute atomic E-state index is 0.249. The van der Waals surface area contributed by atoms with Gasteiger partial charge in [0.15, 0.2) is 17.6 Å². The van der Waals surface area contributed by atoms with E-state index >= 15 is 0 Å². The Labute approximate surface area is 143 Å². The van der Waals surface area contributed by atoms with Gasteiger partial charge in [0.1, 0.15) is 17.2 Å². The van der Waals surface area contributed by atoms with Crippen molar-refractivity contribution in [1.82, 2.24) is 0 Å². The maximum atomic E-state index is 12.4. The molecule has 3 rings (SSSR count). The van der Waals surface area contributed by atoms with E-state index in [2.05, 4.69) is 5.32 Å². The van der Waals surface area contributed by atoms with Gasteiger partial charge in [-0.3, -0.25) is 4.79 Å². The lowest BCUT2D eigenvalue weighted by Crippen LogP contribution is -2.23. The van der Waals surface area contributed by atoms with E-state index in [1.165, 1.54) is 18.3 Å². The van der Waals surface area contributed by atoms with Crippen LogP contribution in [0.4, 0.5) is 5.00 Å². The molecule has 1 N–H and O–H groups in total. The lowest BCUT2D eigenvalue weighted by molar-refractivity contribution is -0.114. The number of fused-ring (bicyclic) bond motifs is 1. The third kappa shape index (κ3) is 3.21. The standard InChI is InChI=1S/C17H17NO5S/c1-3-21-17(20)15-11(9-24-16(15)18-10(2)19)14-8-22-12-6-4-5-7-13(12)23-14/h4-7,9,14H,3,8H2,1-2H3,(H,18,19)/t14-/m1/s1. The van der Waals surface area contributed by atoms with Crippen LogP contribution in [0.3, 0.4) is 0 Å². The molecule has 1 aliphatic rings. The van der Waals surface area contributed by atoms with Crippen molar-refractivity contribution in [2.45, 2.75) is 20.0 Å². The van der Waals surface area contributed by atoms with Gasteiger partial charge < -0.3 is 19.5 Å². The topological polar surface area (TPSA) is 73.9 Å². The van der Waals surface area contributed by atoms with Crippen LogP contribution >= 0.6 is 11.3 Å². The number of hydrogen-bond acceptors (Lipinski definition) is 6. The molecule has 0 saturated heterocycles. The molecular weight excluding hydrogens is 330 g/mol. The third-order valence-corrected chi connectivity index (χ3v) is 4.36. The van der Waals surface area contributed by atoms with Crippen LogP contribution in [0, 0.1) is 0 Å². The predicted octanol–water partition coefficient (Wildman–Crippen LogP) is 3.40. The highest BCUT2D eigenvalue weighted by Gasteiger charge is 2.30. The van der Waals surface area contributed by atoms with Gasteiger partial charge in [0.2, 0.25) is 5.91 Å². The van der Waals surface area contributed by atoms with Crippen LogP contribution in [0.15, 0.2) is 29.6 Å². The molecule has 0 aliphatic carbocycles. The number of ether oxygens (including phenoxy) is 3. The van der Waals surface area contributed by atoms with E-state index < -0.39 is 12.1 Å². The SMILES string of the molecule is CCOC(=O)c1c([C@H]2COc3ccccc3O2)csc1NC(C)=O. The predicted molar refractivity (Wildman–Crippen MR) is 89.9 cm³/mol. The smallest absolute Gasteiger partial charge is 0.341 e. The van der Waals surface area contributed by atoms with Gasteiger partial charge in [-0.05, 0) is 19.1 Å². The highest BCUT2D eigenvalue weighted by Crippen LogP contribution is 2.40. The van der Waals surface area contributed by atoms with Gasteiger partial charge in [0, 0.05) is 17.9 Å². The molecule has 0 unspecified atom stereocenters. The van der Waals surface area contributed by atoms with Crippen LogP contribution < -0.4 is 14.8 Å². The van der Waals surface area contributed by atoms with Crippen LogP contribution in [-0.4, -0.2) is 25.1 Å². The van der Waals surface area contributed by atoms with E-state index in [0.717, 1.165) is 0 Å². The summed E-state index contributed by atoms with van der Waals surface area (Å²) in [5.41, 5.74) is 0.974. The van der Waals surface area contributed by atoms with E-state index in [1.807, 2.05) is 24.3 Å². The fourth-order valence-corrected chi connectivity index (χ4v) is 3.48. The summed E-state index contributed by atoms with van der Waals surface area (Å²) in [4.78, 5) is 23.7. The Morgan fingerprint density at radius 1 is 1.33 bits per heavy atom. The number of rotatable bonds is 4. The van der Waals surface area contributed by atoms with Gasteiger partial charge in [0.05, 0.1) is 6.61 Å². The molecule has 7 heteroatoms. The van der Waals surface area contributed by atoms with Crippen molar-refractivity contribution in [2.75, 3.05) is 18.5 Å². The molecular formula is C17H17NO5S. The van der Waals surface area contributed by atoms with E-state index in [9.17, 15) is 9.59 Å². The van der Waals surface area contributed by atoms with E-state index in [1.54, 1.807) is 12.3 Å². The quantitative estimate of drug-likeness (QED) is 0.858. The first kappa shape index (κ1) is 16.3. The van der Waals surface area contributed by atoms with Crippen LogP contribution in [-0.2, 0) is 9.53 Å². The number of carbonyl (C=O) groups is 2. The lowest BCUT2D eigenvalue weighted by atomic mass is 10.1. The summed E-state index contributed by atoms with van der Waals surface area (Å²) >= 11 is 1.27. The Kier molecular flexibility index (Phi) is 4.71. The van der Waals surface area contributed by atoms with Gasteiger partial charge in [-0.1, -0.05) is 12.1 Å². The molecule has 2 aromatic rings. The summed E-state index contributed by atoms with van der Waals surface area (Å²) in [5, 5.41) is 4.92. The molecule has 1 atom stereocenters. The summed E-state index contributed by atoms with van der Waals surface area (Å²) in [6.07, 6.45) is -0.446. The van der Waals surface area contributed by atoms with Crippen LogP contribution in [0.5, 0.6) is 11.5 Å². The first-order valence-electron chi connectivity index (χ1n) is 7.54. The Morgan fingerprint density at radius 2 is 2.08 bits per heavy atom. The second-order valence-corrected chi connectivity index (χ2v) is 6.04. The van der Waals surface area contributed by atoms with Gasteiger partial charge in [-0.25, -0.2) is 4.79 Å². The Balaban J connectivity index is 1.94. The van der Waals surface area contributed by atoms with E-state index in [0.29, 0.717) is 27.6 Å². The minimum atomic E-state index is -0.486. The molecule has 0 spiro atoms. The van der Waals surface area contributed by atoms with Crippen molar-refractivity contribution in [3.63, 3.8) is 0 Å². The van der Waals surface area contributed by atoms with Crippen LogP contribution in [0.1, 0.15) is 35.9 Å². The maximum absolute atomic E-state index is 12.4. The largest absolute Gasteiger partial charge is 0.485 e. The molecule has 0 fully saturated rings. The molecule has 1 aliphatic heterocycles. The highest BCUT2D eigenvalue weighted by molar-refractivity contribution is 7.15. The number of thiophene rings is 1. The van der Waals surface area contributed by atoms with Gasteiger partial charge in [-0.15, -0.1) is 11.3 Å². The second-order valence-electron chi connectivity index (χ2n) is 5.16. The lowest BCUT2D eigenvalue weighted by Gasteiger charge is -2.26. The molecule has 1 aromatic carbocycles. The number of nitrogens with one attached hydrogen (secondary N) is 1. The zero-order valence-electron chi connectivity index (χ0n) is 13.3. The molecule has 24 heavy (non-hydrogen) atoms. The first-order chi connectivity index (χ1) is 11.6. The molecule has 1 aromatic heterocycles. The Bertz CT molecular complexity index is 770. The number of para-hydroxylation sites is 2. The van der Waals surface area contributed by atoms with E-state index in [-0.39, 0.29) is 19.1 Å². The molecule has 126 valence electrons. The van der Waals surface area contributed by atoms with Crippen LogP contribution in [0.2, 0.25) is 0 Å². The van der Waals surface area contributed by atoms with Gasteiger partial charge in [-0.2, -0.15) is 0 Å². The van der Waals surface area contributed by atoms with Gasteiger partial charge >= 0.3 is 5.97 Å². The number of benzene rings is 1. The maximum Gasteiger partial charge on any atom is 0.341 e. The normalized spacial score (nSPS) is 15.7. The fraction of sp³-hybridized carbons (Fsp3) is 0.294. The summed E-state index contributed by atoms with van der Waals surface area (Å²) in [6.45, 7) is 3.65. The van der Waals surface area contributed by atoms with E-state index in [4.69, 9.17) is 14.2 Å². The van der Waals surface area contributed by atoms with Crippen molar-refractivity contribution in [2.24, 2.45) is 0 Å². The van der Waals surface area contributed by atoms with Gasteiger partial charge in [0.25, 0.3) is 0 Å². The monoisotopic (exact) mass is 347 g/mol. The summed E-state index contributed by atoms with van der Waals surface area (Å²) in [7, 11) is 0. The Hall–Kier alpha value is -2.54. The highest BCUT2D eigenvalue weighted by atomic mass is 32.1. The summed E-state index contributed by atoms with van der Waals surface area (Å²) in [6, 6.07) is 7.36. The van der Waals surface area contributed by atoms with Crippen molar-refractivity contribution in [3.05, 3.63) is 40.8 Å². The van der Waals surface area contributed by atoms with Crippen LogP contribution in [0.25, 0.3) is 0 Å².